The van der Waals surface area contributed by atoms with Crippen LogP contribution in [0, 0.1) is 0 Å². The highest BCUT2D eigenvalue weighted by Crippen LogP contribution is 2.35. The number of carbonyl (C=O) groups is 1. The first kappa shape index (κ1) is 13.7. The number of rotatable bonds is 2. The first-order valence-electron chi connectivity index (χ1n) is 4.71. The molecule has 2 aromatic rings. The Hall–Kier alpha value is -0.750. The summed E-state index contributed by atoms with van der Waals surface area (Å²) in [4.78, 5) is 12.5. The Morgan fingerprint density at radius 3 is 2.44 bits per heavy atom. The number of carbonyl (C=O) groups excluding carboxylic acids is 1. The number of nitrogens with one attached hydrogen (secondary N) is 1. The maximum absolute atomic E-state index is 11.9. The fourth-order valence-electron chi connectivity index (χ4n) is 1.28. The van der Waals surface area contributed by atoms with Crippen LogP contribution in [0.15, 0.2) is 28.1 Å². The molecule has 0 spiro atoms. The first-order chi connectivity index (χ1) is 8.49. The van der Waals surface area contributed by atoms with Crippen molar-refractivity contribution in [3.8, 4) is 5.75 Å². The molecule has 0 radical (unpaired) electrons. The predicted molar refractivity (Wildman–Crippen MR) is 78.1 cm³/mol. The van der Waals surface area contributed by atoms with E-state index in [0.717, 1.165) is 4.47 Å². The maximum atomic E-state index is 11.9. The number of halogens is 3. The van der Waals surface area contributed by atoms with Crippen LogP contribution in [0.25, 0.3) is 0 Å². The lowest BCUT2D eigenvalue weighted by atomic mass is 10.3. The second kappa shape index (κ2) is 5.48. The molecule has 18 heavy (non-hydrogen) atoms. The highest BCUT2D eigenvalue weighted by molar-refractivity contribution is 9.10. The zero-order chi connectivity index (χ0) is 13.3. The van der Waals surface area contributed by atoms with Gasteiger partial charge >= 0.3 is 0 Å². The van der Waals surface area contributed by atoms with Crippen molar-refractivity contribution in [1.82, 2.24) is 0 Å². The summed E-state index contributed by atoms with van der Waals surface area (Å²) < 4.78 is 0.723. The van der Waals surface area contributed by atoms with Crippen molar-refractivity contribution in [2.24, 2.45) is 0 Å². The van der Waals surface area contributed by atoms with Gasteiger partial charge in [-0.15, -0.1) is 11.3 Å². The van der Waals surface area contributed by atoms with E-state index in [2.05, 4.69) is 21.2 Å². The van der Waals surface area contributed by atoms with Gasteiger partial charge in [0.05, 0.1) is 10.0 Å². The van der Waals surface area contributed by atoms with Crippen LogP contribution >= 0.6 is 50.5 Å². The third-order valence-corrected chi connectivity index (χ3v) is 4.51. The van der Waals surface area contributed by atoms with E-state index in [-0.39, 0.29) is 21.7 Å². The Balaban J connectivity index is 2.25. The van der Waals surface area contributed by atoms with Crippen molar-refractivity contribution in [2.75, 3.05) is 5.32 Å². The van der Waals surface area contributed by atoms with E-state index in [0.29, 0.717) is 10.6 Å². The quantitative estimate of drug-likeness (QED) is 0.751. The van der Waals surface area contributed by atoms with Gasteiger partial charge in [-0.1, -0.05) is 23.2 Å². The van der Waals surface area contributed by atoms with Crippen LogP contribution in [0.1, 0.15) is 9.67 Å². The van der Waals surface area contributed by atoms with Gasteiger partial charge < -0.3 is 10.4 Å². The fourth-order valence-corrected chi connectivity index (χ4v) is 3.21. The molecule has 0 aliphatic carbocycles. The second-order valence-corrected chi connectivity index (χ2v) is 5.93. The van der Waals surface area contributed by atoms with E-state index in [1.807, 2.05) is 0 Å². The third-order valence-electron chi connectivity index (χ3n) is 2.10. The number of hydrogen-bond acceptors (Lipinski definition) is 3. The van der Waals surface area contributed by atoms with Gasteiger partial charge in [-0.05, 0) is 39.5 Å². The van der Waals surface area contributed by atoms with Crippen LogP contribution < -0.4 is 5.32 Å². The number of amides is 1. The lowest BCUT2D eigenvalue weighted by molar-refractivity contribution is 0.103. The van der Waals surface area contributed by atoms with E-state index in [4.69, 9.17) is 23.2 Å². The molecule has 1 heterocycles. The van der Waals surface area contributed by atoms with E-state index in [1.165, 1.54) is 23.5 Å². The number of phenols is 1. The molecule has 94 valence electrons. The molecule has 0 aliphatic rings. The van der Waals surface area contributed by atoms with Crippen molar-refractivity contribution >= 4 is 62.1 Å². The molecule has 1 amide bonds. The number of aromatic hydroxyl groups is 1. The molecule has 0 unspecified atom stereocenters. The minimum atomic E-state index is -0.269. The first-order valence-corrected chi connectivity index (χ1v) is 7.14. The summed E-state index contributed by atoms with van der Waals surface area (Å²) in [5.41, 5.74) is 0.424. The van der Waals surface area contributed by atoms with Crippen LogP contribution in [0.5, 0.6) is 5.75 Å². The predicted octanol–water partition coefficient (Wildman–Crippen LogP) is 4.78. The van der Waals surface area contributed by atoms with Crippen LogP contribution in [0.3, 0.4) is 0 Å². The molecule has 2 N–H and O–H groups in total. The summed E-state index contributed by atoms with van der Waals surface area (Å²) in [7, 11) is 0. The monoisotopic (exact) mass is 365 g/mol. The summed E-state index contributed by atoms with van der Waals surface area (Å²) in [5.74, 6) is -0.469. The van der Waals surface area contributed by atoms with Crippen molar-refractivity contribution in [1.29, 1.82) is 0 Å². The molecule has 0 atom stereocenters. The number of anilines is 1. The minimum Gasteiger partial charge on any atom is -0.505 e. The van der Waals surface area contributed by atoms with Crippen molar-refractivity contribution in [3.63, 3.8) is 0 Å². The lowest BCUT2D eigenvalue weighted by Gasteiger charge is -2.07. The summed E-state index contributed by atoms with van der Waals surface area (Å²) in [6.45, 7) is 0. The van der Waals surface area contributed by atoms with Gasteiger partial charge in [0.1, 0.15) is 4.88 Å². The van der Waals surface area contributed by atoms with Crippen LogP contribution in [0.2, 0.25) is 10.0 Å². The number of phenolic OH excluding ortho intramolecular Hbond substituents is 1. The van der Waals surface area contributed by atoms with E-state index < -0.39 is 0 Å². The molecule has 0 aliphatic heterocycles. The van der Waals surface area contributed by atoms with Crippen LogP contribution in [0.4, 0.5) is 5.69 Å². The van der Waals surface area contributed by atoms with Crippen molar-refractivity contribution in [2.45, 2.75) is 0 Å². The molecular weight excluding hydrogens is 361 g/mol. The lowest BCUT2D eigenvalue weighted by Crippen LogP contribution is -2.10. The molecule has 0 fully saturated rings. The smallest absolute Gasteiger partial charge is 0.266 e. The highest BCUT2D eigenvalue weighted by atomic mass is 79.9. The Morgan fingerprint density at radius 1 is 1.33 bits per heavy atom. The molecule has 1 aromatic heterocycles. The topological polar surface area (TPSA) is 49.3 Å². The molecular formula is C11H6BrCl2NO2S. The molecule has 7 heteroatoms. The summed E-state index contributed by atoms with van der Waals surface area (Å²) in [5, 5.41) is 14.0. The van der Waals surface area contributed by atoms with E-state index >= 15 is 0 Å². The van der Waals surface area contributed by atoms with Gasteiger partial charge in [-0.25, -0.2) is 0 Å². The van der Waals surface area contributed by atoms with Crippen LogP contribution in [-0.4, -0.2) is 11.0 Å². The number of benzene rings is 1. The largest absolute Gasteiger partial charge is 0.505 e. The zero-order valence-electron chi connectivity index (χ0n) is 8.71. The molecule has 0 bridgehead atoms. The average Bonchev–Trinajstić information content (AvgIpc) is 2.72. The van der Waals surface area contributed by atoms with Crippen molar-refractivity contribution in [3.05, 3.63) is 43.0 Å². The number of thiophene rings is 1. The van der Waals surface area contributed by atoms with E-state index in [1.54, 1.807) is 11.4 Å². The highest BCUT2D eigenvalue weighted by Gasteiger charge is 2.13. The molecule has 1 aromatic carbocycles. The minimum absolute atomic E-state index is 0.0862. The Morgan fingerprint density at radius 2 is 1.94 bits per heavy atom. The fraction of sp³-hybridized carbons (Fsp3) is 0. The number of hydrogen-bond donors (Lipinski definition) is 2. The van der Waals surface area contributed by atoms with Crippen LogP contribution in [-0.2, 0) is 0 Å². The average molecular weight is 367 g/mol. The van der Waals surface area contributed by atoms with Gasteiger partial charge in [0, 0.05) is 10.2 Å². The standard InChI is InChI=1S/C11H6BrCl2NO2S/c12-6-1-2-18-10(6)11(17)15-5-3-7(13)9(16)8(14)4-5/h1-4,16H,(H,15,17). The normalized spacial score (nSPS) is 10.4. The third kappa shape index (κ3) is 2.80. The van der Waals surface area contributed by atoms with Gasteiger partial charge in [0.25, 0.3) is 5.91 Å². The maximum Gasteiger partial charge on any atom is 0.266 e. The summed E-state index contributed by atoms with van der Waals surface area (Å²) in [6, 6.07) is 4.65. The Bertz CT molecular complexity index is 592. The van der Waals surface area contributed by atoms with E-state index in [9.17, 15) is 9.90 Å². The molecule has 0 saturated carbocycles. The van der Waals surface area contributed by atoms with Gasteiger partial charge in [0.15, 0.2) is 5.75 Å². The van der Waals surface area contributed by atoms with Crippen molar-refractivity contribution < 1.29 is 9.90 Å². The molecule has 2 rings (SSSR count). The van der Waals surface area contributed by atoms with Gasteiger partial charge in [-0.2, -0.15) is 0 Å². The molecule has 0 saturated heterocycles. The Kier molecular flexibility index (Phi) is 4.17. The summed E-state index contributed by atoms with van der Waals surface area (Å²) >= 11 is 16.1. The van der Waals surface area contributed by atoms with Gasteiger partial charge in [-0.3, -0.25) is 4.79 Å². The zero-order valence-corrected chi connectivity index (χ0v) is 12.6. The molecule has 3 nitrogen and oxygen atoms in total. The summed E-state index contributed by atoms with van der Waals surface area (Å²) in [6.07, 6.45) is 0. The Labute approximate surface area is 125 Å². The van der Waals surface area contributed by atoms with Gasteiger partial charge in [0.2, 0.25) is 0 Å². The SMILES string of the molecule is O=C(Nc1cc(Cl)c(O)c(Cl)c1)c1sccc1Br. The second-order valence-electron chi connectivity index (χ2n) is 3.34.